The summed E-state index contributed by atoms with van der Waals surface area (Å²) in [7, 11) is 4.77. The van der Waals surface area contributed by atoms with E-state index in [0.717, 1.165) is 38.3 Å². The molecule has 2 heterocycles. The second-order valence-corrected chi connectivity index (χ2v) is 12.4. The first kappa shape index (κ1) is 39.7. The van der Waals surface area contributed by atoms with E-state index < -0.39 is 6.10 Å². The Morgan fingerprint density at radius 2 is 1.57 bits per heavy atom. The number of carbonyl (C=O) groups excluding carboxylic acids is 3. The van der Waals surface area contributed by atoms with Gasteiger partial charge in [0, 0.05) is 64.7 Å². The smallest absolute Gasteiger partial charge is 0.302 e. The predicted octanol–water partition coefficient (Wildman–Crippen LogP) is 4.43. The summed E-state index contributed by atoms with van der Waals surface area (Å²) in [6, 6.07) is 7.25. The molecule has 3 N–H and O–H groups in total. The Morgan fingerprint density at radius 3 is 2.14 bits per heavy atom. The number of esters is 1. The topological polar surface area (TPSA) is 136 Å². The van der Waals surface area contributed by atoms with Gasteiger partial charge in [-0.2, -0.15) is 0 Å². The molecule has 0 saturated carbocycles. The Kier molecular flexibility index (Phi) is 15.3. The molecular formula is C36H54ClN5O7. The van der Waals surface area contributed by atoms with Crippen molar-refractivity contribution in [1.29, 1.82) is 0 Å². The van der Waals surface area contributed by atoms with Crippen LogP contribution in [0.3, 0.4) is 0 Å². The van der Waals surface area contributed by atoms with Gasteiger partial charge in [0.1, 0.15) is 11.9 Å². The lowest BCUT2D eigenvalue weighted by atomic mass is 9.81. The average Bonchev–Trinajstić information content (AvgIpc) is 3.10. The number of hydrogen-bond acceptors (Lipinski definition) is 10. The van der Waals surface area contributed by atoms with E-state index in [0.29, 0.717) is 60.4 Å². The Balaban J connectivity index is 0.000000286. The summed E-state index contributed by atoms with van der Waals surface area (Å²) < 4.78 is 21.8. The fourth-order valence-corrected chi connectivity index (χ4v) is 6.72. The highest BCUT2D eigenvalue weighted by atomic mass is 35.5. The number of methoxy groups -OCH3 is 3. The van der Waals surface area contributed by atoms with Crippen LogP contribution in [0.1, 0.15) is 68.6 Å². The number of nitrogens with zero attached hydrogens (tertiary/aromatic N) is 3. The molecule has 0 spiro atoms. The third-order valence-electron chi connectivity index (χ3n) is 9.33. The molecule has 49 heavy (non-hydrogen) atoms. The van der Waals surface area contributed by atoms with E-state index in [-0.39, 0.29) is 29.7 Å². The Morgan fingerprint density at radius 1 is 0.939 bits per heavy atom. The van der Waals surface area contributed by atoms with Crippen LogP contribution < -0.4 is 25.3 Å². The number of fused-ring (bicyclic) bond motifs is 3. The number of piperidine rings is 1. The zero-order chi connectivity index (χ0) is 36.2. The van der Waals surface area contributed by atoms with Gasteiger partial charge in [-0.1, -0.05) is 25.4 Å². The highest BCUT2D eigenvalue weighted by Gasteiger charge is 2.44. The number of carbonyl (C=O) groups is 3. The zero-order valence-corrected chi connectivity index (χ0v) is 31.0. The van der Waals surface area contributed by atoms with Crippen molar-refractivity contribution in [1.82, 2.24) is 20.0 Å². The van der Waals surface area contributed by atoms with Crippen LogP contribution >= 0.6 is 11.6 Å². The minimum atomic E-state index is -0.430. The number of nitrogens with one attached hydrogen (secondary N) is 1. The lowest BCUT2D eigenvalue weighted by molar-refractivity contribution is -0.161. The van der Waals surface area contributed by atoms with E-state index in [1.165, 1.54) is 31.2 Å². The summed E-state index contributed by atoms with van der Waals surface area (Å²) in [6.45, 7) is 15.6. The molecule has 12 nitrogen and oxygen atoms in total. The Bertz CT molecular complexity index is 1430. The highest BCUT2D eigenvalue weighted by Crippen LogP contribution is 2.43. The SMILES string of the molecule is CCN(CC)C(=O)C1CN2CCc3cc(OC)c(OC)cc3C2CC1OC(C)=O.CCN(CC)CCNC(=O)c1cc(Cl)c(N)cc1OC. The third-order valence-corrected chi connectivity index (χ3v) is 9.66. The first-order valence-corrected chi connectivity index (χ1v) is 17.4. The number of nitrogens with two attached hydrogens (primary N) is 1. The summed E-state index contributed by atoms with van der Waals surface area (Å²) >= 11 is 5.95. The van der Waals surface area contributed by atoms with E-state index in [2.05, 4.69) is 29.0 Å². The molecule has 2 aliphatic rings. The van der Waals surface area contributed by atoms with Crippen LogP contribution in [0.15, 0.2) is 24.3 Å². The van der Waals surface area contributed by atoms with Crippen LogP contribution in [0.4, 0.5) is 5.69 Å². The fourth-order valence-electron chi connectivity index (χ4n) is 6.56. The summed E-state index contributed by atoms with van der Waals surface area (Å²) in [4.78, 5) is 43.4. The van der Waals surface area contributed by atoms with Crippen molar-refractivity contribution in [2.24, 2.45) is 5.92 Å². The largest absolute Gasteiger partial charge is 0.496 e. The van der Waals surface area contributed by atoms with E-state index in [9.17, 15) is 14.4 Å². The molecule has 0 bridgehead atoms. The van der Waals surface area contributed by atoms with Gasteiger partial charge in [-0.3, -0.25) is 19.3 Å². The molecule has 3 atom stereocenters. The van der Waals surface area contributed by atoms with Crippen LogP contribution in [-0.4, -0.2) is 112 Å². The molecule has 0 radical (unpaired) electrons. The van der Waals surface area contributed by atoms with Crippen molar-refractivity contribution < 1.29 is 33.3 Å². The van der Waals surface area contributed by atoms with Gasteiger partial charge in [0.15, 0.2) is 11.5 Å². The number of anilines is 1. The number of nitrogen functional groups attached to an aromatic ring is 1. The number of likely N-dealkylation sites (N-methyl/N-ethyl adjacent to an activating group) is 1. The van der Waals surface area contributed by atoms with Crippen LogP contribution in [0.25, 0.3) is 0 Å². The molecule has 2 amide bonds. The van der Waals surface area contributed by atoms with Gasteiger partial charge < -0.3 is 39.8 Å². The first-order valence-electron chi connectivity index (χ1n) is 17.0. The van der Waals surface area contributed by atoms with Crippen LogP contribution in [0.5, 0.6) is 17.2 Å². The average molecular weight is 704 g/mol. The Labute approximate surface area is 296 Å². The second-order valence-electron chi connectivity index (χ2n) is 12.0. The molecule has 2 aromatic carbocycles. The number of rotatable bonds is 13. The monoisotopic (exact) mass is 703 g/mol. The molecule has 2 aliphatic heterocycles. The van der Waals surface area contributed by atoms with Gasteiger partial charge in [0.25, 0.3) is 5.91 Å². The van der Waals surface area contributed by atoms with Crippen molar-refractivity contribution in [2.45, 2.75) is 59.6 Å². The van der Waals surface area contributed by atoms with Crippen LogP contribution in [-0.2, 0) is 20.7 Å². The minimum Gasteiger partial charge on any atom is -0.496 e. The van der Waals surface area contributed by atoms with Crippen molar-refractivity contribution in [3.63, 3.8) is 0 Å². The lowest BCUT2D eigenvalue weighted by Crippen LogP contribution is -2.54. The molecule has 272 valence electrons. The van der Waals surface area contributed by atoms with Gasteiger partial charge in [-0.05, 0) is 62.7 Å². The molecule has 2 aromatic rings. The van der Waals surface area contributed by atoms with E-state index in [4.69, 9.17) is 36.3 Å². The number of ether oxygens (including phenoxy) is 4. The molecule has 3 unspecified atom stereocenters. The molecule has 0 aromatic heterocycles. The minimum absolute atomic E-state index is 0.0674. The van der Waals surface area contributed by atoms with E-state index in [1.807, 2.05) is 30.9 Å². The van der Waals surface area contributed by atoms with Crippen LogP contribution in [0, 0.1) is 5.92 Å². The molecule has 1 fully saturated rings. The molecule has 13 heteroatoms. The number of halogens is 1. The summed E-state index contributed by atoms with van der Waals surface area (Å²) in [5, 5.41) is 3.21. The van der Waals surface area contributed by atoms with Crippen molar-refractivity contribution in [2.75, 3.05) is 79.4 Å². The summed E-state index contributed by atoms with van der Waals surface area (Å²) in [6.07, 6.45) is 1.05. The van der Waals surface area contributed by atoms with Gasteiger partial charge >= 0.3 is 5.97 Å². The second kappa shape index (κ2) is 18.9. The van der Waals surface area contributed by atoms with E-state index in [1.54, 1.807) is 20.3 Å². The van der Waals surface area contributed by atoms with Crippen molar-refractivity contribution in [3.8, 4) is 17.2 Å². The normalized spacial score (nSPS) is 18.3. The molecular weight excluding hydrogens is 650 g/mol. The fraction of sp³-hybridized carbons (Fsp3) is 0.583. The predicted molar refractivity (Wildman–Crippen MR) is 192 cm³/mol. The third kappa shape index (κ3) is 9.92. The van der Waals surface area contributed by atoms with Gasteiger partial charge in [-0.15, -0.1) is 0 Å². The number of benzene rings is 2. The molecule has 1 saturated heterocycles. The van der Waals surface area contributed by atoms with Crippen molar-refractivity contribution >= 4 is 35.1 Å². The van der Waals surface area contributed by atoms with Gasteiger partial charge in [0.2, 0.25) is 5.91 Å². The number of hydrogen-bond donors (Lipinski definition) is 2. The Hall–Kier alpha value is -3.74. The van der Waals surface area contributed by atoms with Crippen molar-refractivity contribution in [3.05, 3.63) is 46.0 Å². The standard InChI is InChI=1S/C22H32N2O5.C14H22ClN3O2/c1-6-23(7-2)22(26)17-13-24-9-8-15-10-20(27-4)21(28-5)11-16(15)18(24)12-19(17)29-14(3)25;1-4-18(5-2)7-6-17-14(19)10-8-11(15)12(16)9-13(10)20-3/h10-11,17-19H,6-9,12-13H2,1-5H3;8-9H,4-7,16H2,1-3H3,(H,17,19). The highest BCUT2D eigenvalue weighted by molar-refractivity contribution is 6.33. The quantitative estimate of drug-likeness (QED) is 0.228. The van der Waals surface area contributed by atoms with Crippen LogP contribution in [0.2, 0.25) is 5.02 Å². The van der Waals surface area contributed by atoms with Gasteiger partial charge in [-0.25, -0.2) is 0 Å². The molecule has 0 aliphatic carbocycles. The maximum Gasteiger partial charge on any atom is 0.302 e. The molecule has 4 rings (SSSR count). The lowest BCUT2D eigenvalue weighted by Gasteiger charge is -2.46. The summed E-state index contributed by atoms with van der Waals surface area (Å²) in [5.41, 5.74) is 8.87. The maximum atomic E-state index is 13.1. The first-order chi connectivity index (χ1) is 23.5. The number of amides is 2. The van der Waals surface area contributed by atoms with E-state index >= 15 is 0 Å². The zero-order valence-electron chi connectivity index (χ0n) is 30.3. The summed E-state index contributed by atoms with van der Waals surface area (Å²) in [5.74, 6) is 1.02. The maximum absolute atomic E-state index is 13.1. The van der Waals surface area contributed by atoms with Gasteiger partial charge in [0.05, 0.1) is 43.5 Å².